The Balaban J connectivity index is 1.14. The van der Waals surface area contributed by atoms with E-state index in [1.54, 1.807) is 4.90 Å². The second-order valence-electron chi connectivity index (χ2n) is 16.6. The van der Waals surface area contributed by atoms with Crippen LogP contribution in [-0.4, -0.2) is 89.9 Å². The van der Waals surface area contributed by atoms with Gasteiger partial charge in [-0.05, 0) is 111 Å². The molecule has 0 N–H and O–H groups in total. The number of hydrogen-bond acceptors (Lipinski definition) is 6. The summed E-state index contributed by atoms with van der Waals surface area (Å²) in [5.41, 5.74) is -0.374. The minimum absolute atomic E-state index is 0.00403. The van der Waals surface area contributed by atoms with Crippen molar-refractivity contribution in [1.82, 2.24) is 9.80 Å². The molecule has 1 aromatic rings. The Labute approximate surface area is 266 Å². The molecule has 2 saturated carbocycles. The molecule has 2 spiro atoms. The SMILES string of the molecule is CC(C)(C)OC(=O)N1CCC2(CC1)C(=O)N(C1CC(N3CCCC4(C3)CC4(F)F)C1)c1cc(B3OC(C)(C)C(C)(C)O3)ccc12. The lowest BCUT2D eigenvalue weighted by atomic mass is 9.71. The minimum Gasteiger partial charge on any atom is -0.444 e. The third kappa shape index (κ3) is 4.93. The normalized spacial score (nSPS) is 33.0. The maximum absolute atomic E-state index is 14.6. The van der Waals surface area contributed by atoms with E-state index in [-0.39, 0.29) is 30.5 Å². The summed E-state index contributed by atoms with van der Waals surface area (Å²) < 4.78 is 46.9. The largest absolute Gasteiger partial charge is 0.494 e. The number of hydrogen-bond donors (Lipinski definition) is 0. The lowest BCUT2D eigenvalue weighted by Crippen LogP contribution is -2.59. The number of rotatable bonds is 3. The van der Waals surface area contributed by atoms with Gasteiger partial charge in [-0.3, -0.25) is 9.69 Å². The molecule has 4 aliphatic heterocycles. The number of anilines is 1. The molecular weight excluding hydrogens is 579 g/mol. The molecule has 0 aromatic heterocycles. The number of benzene rings is 1. The van der Waals surface area contributed by atoms with Gasteiger partial charge in [0.25, 0.3) is 5.92 Å². The number of carbonyl (C=O) groups is 2. The number of likely N-dealkylation sites (tertiary alicyclic amines) is 2. The van der Waals surface area contributed by atoms with Gasteiger partial charge in [0.05, 0.1) is 22.0 Å². The molecule has 1 atom stereocenters. The first-order chi connectivity index (χ1) is 20.9. The lowest BCUT2D eigenvalue weighted by molar-refractivity contribution is -0.126. The molecular formula is C34H48BF2N3O5. The Morgan fingerprint density at radius 3 is 2.18 bits per heavy atom. The van der Waals surface area contributed by atoms with Gasteiger partial charge in [-0.15, -0.1) is 0 Å². The van der Waals surface area contributed by atoms with Gasteiger partial charge in [0.2, 0.25) is 5.91 Å². The first-order valence-electron chi connectivity index (χ1n) is 16.8. The van der Waals surface area contributed by atoms with Crippen LogP contribution < -0.4 is 10.4 Å². The zero-order valence-electron chi connectivity index (χ0n) is 27.9. The average Bonchev–Trinajstić information content (AvgIpc) is 3.23. The predicted octanol–water partition coefficient (Wildman–Crippen LogP) is 5.25. The molecule has 3 saturated heterocycles. The predicted molar refractivity (Wildman–Crippen MR) is 168 cm³/mol. The van der Waals surface area contributed by atoms with E-state index in [4.69, 9.17) is 14.0 Å². The van der Waals surface area contributed by atoms with Crippen molar-refractivity contribution in [2.75, 3.05) is 31.1 Å². The maximum Gasteiger partial charge on any atom is 0.494 e. The number of halogens is 2. The van der Waals surface area contributed by atoms with Gasteiger partial charge < -0.3 is 23.8 Å². The van der Waals surface area contributed by atoms with Crippen LogP contribution >= 0.6 is 0 Å². The summed E-state index contributed by atoms with van der Waals surface area (Å²) in [6.07, 6.45) is 3.65. The van der Waals surface area contributed by atoms with E-state index in [1.807, 2.05) is 59.4 Å². The van der Waals surface area contributed by atoms with E-state index in [0.29, 0.717) is 38.9 Å². The van der Waals surface area contributed by atoms with E-state index in [1.165, 1.54) is 0 Å². The van der Waals surface area contributed by atoms with Gasteiger partial charge in [0.15, 0.2) is 0 Å². The van der Waals surface area contributed by atoms with Crippen molar-refractivity contribution in [2.45, 2.75) is 134 Å². The number of ether oxygens (including phenoxy) is 1. The number of piperidine rings is 2. The first-order valence-corrected chi connectivity index (χ1v) is 16.8. The molecule has 1 aromatic carbocycles. The topological polar surface area (TPSA) is 71.6 Å². The van der Waals surface area contributed by atoms with E-state index in [0.717, 1.165) is 42.5 Å². The van der Waals surface area contributed by atoms with Crippen molar-refractivity contribution in [1.29, 1.82) is 0 Å². The van der Waals surface area contributed by atoms with Gasteiger partial charge in [0.1, 0.15) is 5.60 Å². The van der Waals surface area contributed by atoms with Crippen molar-refractivity contribution >= 4 is 30.3 Å². The monoisotopic (exact) mass is 627 g/mol. The van der Waals surface area contributed by atoms with Crippen molar-refractivity contribution in [3.63, 3.8) is 0 Å². The van der Waals surface area contributed by atoms with Crippen molar-refractivity contribution < 1.29 is 32.4 Å². The highest BCUT2D eigenvalue weighted by atomic mass is 19.3. The highest BCUT2D eigenvalue weighted by Gasteiger charge is 2.71. The molecule has 11 heteroatoms. The number of carbonyl (C=O) groups excluding carboxylic acids is 2. The fourth-order valence-electron chi connectivity index (χ4n) is 8.35. The van der Waals surface area contributed by atoms with Crippen molar-refractivity contribution in [3.8, 4) is 0 Å². The standard InChI is InChI=1S/C34H48BF2N3O5/c1-29(2,3)43-28(42)38-15-12-33(13-16-38)25-10-9-22(35-44-30(4,5)31(6,7)45-35)17-26(25)40(27(33)41)24-18-23(19-24)39-14-8-11-32(21-39)20-34(32,36)37/h9-10,17,23-24H,8,11-16,18-21H2,1-7H3. The third-order valence-corrected chi connectivity index (χ3v) is 12.0. The zero-order chi connectivity index (χ0) is 32.4. The number of alkyl halides is 2. The summed E-state index contributed by atoms with van der Waals surface area (Å²) >= 11 is 0. The summed E-state index contributed by atoms with van der Waals surface area (Å²) in [6.45, 7) is 15.8. The van der Waals surface area contributed by atoms with Crippen molar-refractivity contribution in [3.05, 3.63) is 23.8 Å². The van der Waals surface area contributed by atoms with Crippen LogP contribution in [0, 0.1) is 5.41 Å². The van der Waals surface area contributed by atoms with Crippen molar-refractivity contribution in [2.24, 2.45) is 5.41 Å². The highest BCUT2D eigenvalue weighted by Crippen LogP contribution is 2.65. The van der Waals surface area contributed by atoms with Gasteiger partial charge in [-0.25, -0.2) is 13.6 Å². The van der Waals surface area contributed by atoms with Gasteiger partial charge in [-0.2, -0.15) is 0 Å². The number of nitrogens with zero attached hydrogens (tertiary/aromatic N) is 3. The van der Waals surface area contributed by atoms with Crippen LogP contribution in [-0.2, 0) is 24.3 Å². The van der Waals surface area contributed by atoms with Crippen LogP contribution in [0.25, 0.3) is 0 Å². The van der Waals surface area contributed by atoms with Crippen LogP contribution in [0.15, 0.2) is 18.2 Å². The molecule has 7 rings (SSSR count). The molecule has 2 amide bonds. The van der Waals surface area contributed by atoms with E-state index in [9.17, 15) is 18.4 Å². The van der Waals surface area contributed by atoms with Crippen LogP contribution in [0.4, 0.5) is 19.3 Å². The van der Waals surface area contributed by atoms with Crippen LogP contribution in [0.5, 0.6) is 0 Å². The Kier molecular flexibility index (Phi) is 6.90. The van der Waals surface area contributed by atoms with Crippen LogP contribution in [0.2, 0.25) is 0 Å². The molecule has 6 aliphatic rings. The molecule has 5 fully saturated rings. The first kappa shape index (κ1) is 31.4. The molecule has 1 unspecified atom stereocenters. The maximum atomic E-state index is 14.6. The molecule has 0 radical (unpaired) electrons. The summed E-state index contributed by atoms with van der Waals surface area (Å²) in [5, 5.41) is 0. The molecule has 0 bridgehead atoms. The zero-order valence-corrected chi connectivity index (χ0v) is 27.9. The molecule has 45 heavy (non-hydrogen) atoms. The lowest BCUT2D eigenvalue weighted by Gasteiger charge is -2.49. The fraction of sp³-hybridized carbons (Fsp3) is 0.765. The quantitative estimate of drug-likeness (QED) is 0.427. The summed E-state index contributed by atoms with van der Waals surface area (Å²) in [4.78, 5) is 33.5. The second-order valence-corrected chi connectivity index (χ2v) is 16.6. The number of amides is 2. The fourth-order valence-corrected chi connectivity index (χ4v) is 8.35. The second kappa shape index (κ2) is 9.89. The average molecular weight is 628 g/mol. The van der Waals surface area contributed by atoms with Gasteiger partial charge >= 0.3 is 13.2 Å². The van der Waals surface area contributed by atoms with E-state index < -0.39 is 40.7 Å². The van der Waals surface area contributed by atoms with Crippen LogP contribution in [0.1, 0.15) is 99.0 Å². The highest BCUT2D eigenvalue weighted by molar-refractivity contribution is 6.62. The van der Waals surface area contributed by atoms with E-state index in [2.05, 4.69) is 17.0 Å². The van der Waals surface area contributed by atoms with E-state index >= 15 is 0 Å². The third-order valence-electron chi connectivity index (χ3n) is 12.0. The summed E-state index contributed by atoms with van der Waals surface area (Å²) in [7, 11) is -0.554. The molecule has 2 aliphatic carbocycles. The van der Waals surface area contributed by atoms with Gasteiger partial charge in [-0.1, -0.05) is 12.1 Å². The smallest absolute Gasteiger partial charge is 0.444 e. The Morgan fingerprint density at radius 1 is 0.978 bits per heavy atom. The Morgan fingerprint density at radius 2 is 1.60 bits per heavy atom. The molecule has 246 valence electrons. The minimum atomic E-state index is -2.54. The molecule has 8 nitrogen and oxygen atoms in total. The Bertz CT molecular complexity index is 1380. The summed E-state index contributed by atoms with van der Waals surface area (Å²) in [6, 6.07) is 6.36. The number of fused-ring (bicyclic) bond motifs is 2. The Hall–Kier alpha value is -2.24. The van der Waals surface area contributed by atoms with Gasteiger partial charge in [0, 0.05) is 43.8 Å². The summed E-state index contributed by atoms with van der Waals surface area (Å²) in [5.74, 6) is -2.46. The van der Waals surface area contributed by atoms with Crippen LogP contribution in [0.3, 0.4) is 0 Å². The molecule has 4 heterocycles.